The quantitative estimate of drug-likeness (QED) is 0.654. The van der Waals surface area contributed by atoms with E-state index in [-0.39, 0.29) is 10.8 Å². The van der Waals surface area contributed by atoms with E-state index >= 15 is 0 Å². The summed E-state index contributed by atoms with van der Waals surface area (Å²) in [6.45, 7) is 0. The molecule has 0 heterocycles. The number of amides is 1. The minimum Gasteiger partial charge on any atom is -0.366 e. The van der Waals surface area contributed by atoms with Crippen molar-refractivity contribution in [3.63, 3.8) is 0 Å². The number of carbonyl (C=O) groups is 2. The van der Waals surface area contributed by atoms with E-state index in [1.54, 1.807) is 0 Å². The third kappa shape index (κ3) is 3.38. The first-order valence-electron chi connectivity index (χ1n) is 3.97. The van der Waals surface area contributed by atoms with E-state index in [2.05, 4.69) is 0 Å². The van der Waals surface area contributed by atoms with Crippen molar-refractivity contribution in [1.29, 1.82) is 0 Å². The number of ketones is 1. The molecule has 0 atom stereocenters. The summed E-state index contributed by atoms with van der Waals surface area (Å²) >= 11 is 11.4. The summed E-state index contributed by atoms with van der Waals surface area (Å²) in [6, 6.07) is 4.45. The molecule has 0 saturated carbocycles. The van der Waals surface area contributed by atoms with Gasteiger partial charge in [-0.1, -0.05) is 23.2 Å². The Morgan fingerprint density at radius 2 is 1.80 bits per heavy atom. The van der Waals surface area contributed by atoms with Crippen LogP contribution >= 0.6 is 23.2 Å². The Kier molecular flexibility index (Phi) is 3.88. The minimum atomic E-state index is -0.677. The lowest BCUT2D eigenvalue weighted by Crippen LogP contribution is -2.07. The monoisotopic (exact) mass is 243 g/mol. The van der Waals surface area contributed by atoms with E-state index in [0.717, 1.165) is 12.2 Å². The first-order chi connectivity index (χ1) is 7.00. The third-order valence-electron chi connectivity index (χ3n) is 1.60. The van der Waals surface area contributed by atoms with Crippen molar-refractivity contribution >= 4 is 34.9 Å². The zero-order chi connectivity index (χ0) is 11.4. The molecule has 3 nitrogen and oxygen atoms in total. The molecule has 0 radical (unpaired) electrons. The molecule has 0 bridgehead atoms. The second-order valence-corrected chi connectivity index (χ2v) is 3.54. The van der Waals surface area contributed by atoms with E-state index in [1.165, 1.54) is 18.2 Å². The number of benzene rings is 1. The van der Waals surface area contributed by atoms with Crippen LogP contribution in [0.1, 0.15) is 10.4 Å². The highest BCUT2D eigenvalue weighted by atomic mass is 35.5. The standard InChI is InChI=1S/C10H7Cl2NO2/c11-7-2-1-6(5-8(7)12)9(14)3-4-10(13)15/h1-5H,(H2,13,15)/b4-3+. The second kappa shape index (κ2) is 4.96. The second-order valence-electron chi connectivity index (χ2n) is 2.73. The number of primary amides is 1. The third-order valence-corrected chi connectivity index (χ3v) is 2.34. The minimum absolute atomic E-state index is 0.287. The van der Waals surface area contributed by atoms with Crippen LogP contribution in [0.25, 0.3) is 0 Å². The molecule has 0 aromatic heterocycles. The molecule has 1 amide bonds. The molecule has 1 rings (SSSR count). The lowest BCUT2D eigenvalue weighted by Gasteiger charge is -1.98. The summed E-state index contributed by atoms with van der Waals surface area (Å²) in [6.07, 6.45) is 2.08. The van der Waals surface area contributed by atoms with Gasteiger partial charge in [0.05, 0.1) is 10.0 Å². The van der Waals surface area contributed by atoms with Gasteiger partial charge in [0.15, 0.2) is 5.78 Å². The molecular weight excluding hydrogens is 237 g/mol. The number of rotatable bonds is 3. The van der Waals surface area contributed by atoms with Crippen LogP contribution in [0.2, 0.25) is 10.0 Å². The smallest absolute Gasteiger partial charge is 0.241 e. The summed E-state index contributed by atoms with van der Waals surface area (Å²) < 4.78 is 0. The fraction of sp³-hybridized carbons (Fsp3) is 0. The average molecular weight is 244 g/mol. The molecule has 0 aliphatic rings. The van der Waals surface area contributed by atoms with Crippen molar-refractivity contribution < 1.29 is 9.59 Å². The van der Waals surface area contributed by atoms with Crippen LogP contribution < -0.4 is 5.73 Å². The van der Waals surface area contributed by atoms with E-state index in [0.29, 0.717) is 10.6 Å². The highest BCUT2D eigenvalue weighted by molar-refractivity contribution is 6.42. The van der Waals surface area contributed by atoms with Crippen molar-refractivity contribution in [2.45, 2.75) is 0 Å². The largest absolute Gasteiger partial charge is 0.366 e. The first-order valence-corrected chi connectivity index (χ1v) is 4.73. The Labute approximate surface area is 96.5 Å². The van der Waals surface area contributed by atoms with Gasteiger partial charge in [0, 0.05) is 11.6 Å². The molecule has 0 aliphatic carbocycles. The van der Waals surface area contributed by atoms with Crippen molar-refractivity contribution in [3.05, 3.63) is 46.0 Å². The lowest BCUT2D eigenvalue weighted by molar-refractivity contribution is -0.113. The van der Waals surface area contributed by atoms with Crippen LogP contribution in [0.15, 0.2) is 30.4 Å². The number of nitrogens with two attached hydrogens (primary N) is 1. The van der Waals surface area contributed by atoms with Crippen molar-refractivity contribution in [2.24, 2.45) is 5.73 Å². The van der Waals surface area contributed by atoms with E-state index < -0.39 is 5.91 Å². The fourth-order valence-electron chi connectivity index (χ4n) is 0.903. The maximum Gasteiger partial charge on any atom is 0.241 e. The summed E-state index contributed by atoms with van der Waals surface area (Å²) in [5, 5.41) is 0.655. The molecule has 1 aromatic carbocycles. The molecule has 78 valence electrons. The highest BCUT2D eigenvalue weighted by Crippen LogP contribution is 2.22. The molecule has 2 N–H and O–H groups in total. The van der Waals surface area contributed by atoms with Gasteiger partial charge < -0.3 is 5.73 Å². The van der Waals surface area contributed by atoms with Gasteiger partial charge in [-0.25, -0.2) is 0 Å². The Balaban J connectivity index is 2.92. The van der Waals surface area contributed by atoms with Crippen molar-refractivity contribution in [1.82, 2.24) is 0 Å². The van der Waals surface area contributed by atoms with Gasteiger partial charge in [0.1, 0.15) is 0 Å². The van der Waals surface area contributed by atoms with Gasteiger partial charge in [-0.2, -0.15) is 0 Å². The number of hydrogen-bond acceptors (Lipinski definition) is 2. The van der Waals surface area contributed by atoms with Gasteiger partial charge >= 0.3 is 0 Å². The topological polar surface area (TPSA) is 60.2 Å². The number of hydrogen-bond donors (Lipinski definition) is 1. The molecule has 0 unspecified atom stereocenters. The Morgan fingerprint density at radius 3 is 2.33 bits per heavy atom. The average Bonchev–Trinajstić information content (AvgIpc) is 2.18. The normalized spacial score (nSPS) is 10.5. The first kappa shape index (κ1) is 11.8. The summed E-state index contributed by atoms with van der Waals surface area (Å²) in [5.74, 6) is -1.03. The Hall–Kier alpha value is -1.32. The van der Waals surface area contributed by atoms with Crippen LogP contribution in [-0.2, 0) is 4.79 Å². The predicted molar refractivity (Wildman–Crippen MR) is 59.1 cm³/mol. The lowest BCUT2D eigenvalue weighted by atomic mass is 10.1. The predicted octanol–water partition coefficient (Wildman–Crippen LogP) is 2.22. The zero-order valence-corrected chi connectivity index (χ0v) is 9.05. The van der Waals surface area contributed by atoms with Crippen LogP contribution in [0.3, 0.4) is 0 Å². The van der Waals surface area contributed by atoms with Crippen LogP contribution in [-0.4, -0.2) is 11.7 Å². The van der Waals surface area contributed by atoms with Crippen LogP contribution in [0.5, 0.6) is 0 Å². The molecule has 15 heavy (non-hydrogen) atoms. The van der Waals surface area contributed by atoms with Gasteiger partial charge in [-0.05, 0) is 24.3 Å². The van der Waals surface area contributed by atoms with E-state index in [9.17, 15) is 9.59 Å². The molecule has 1 aromatic rings. The molecule has 5 heteroatoms. The van der Waals surface area contributed by atoms with Crippen molar-refractivity contribution in [3.8, 4) is 0 Å². The maximum atomic E-state index is 11.4. The Bertz CT molecular complexity index is 441. The van der Waals surface area contributed by atoms with Crippen LogP contribution in [0.4, 0.5) is 0 Å². The van der Waals surface area contributed by atoms with Gasteiger partial charge in [-0.3, -0.25) is 9.59 Å². The fourth-order valence-corrected chi connectivity index (χ4v) is 1.20. The zero-order valence-electron chi connectivity index (χ0n) is 7.54. The van der Waals surface area contributed by atoms with Gasteiger partial charge in [0.2, 0.25) is 5.91 Å². The van der Waals surface area contributed by atoms with E-state index in [4.69, 9.17) is 28.9 Å². The summed E-state index contributed by atoms with van der Waals surface area (Å²) in [4.78, 5) is 21.8. The van der Waals surface area contributed by atoms with Crippen molar-refractivity contribution in [2.75, 3.05) is 0 Å². The van der Waals surface area contributed by atoms with Gasteiger partial charge in [-0.15, -0.1) is 0 Å². The SMILES string of the molecule is NC(=O)/C=C/C(=O)c1ccc(Cl)c(Cl)c1. The number of allylic oxidation sites excluding steroid dienone is 1. The molecule has 0 aliphatic heterocycles. The van der Waals surface area contributed by atoms with E-state index in [1.807, 2.05) is 0 Å². The molecule has 0 spiro atoms. The highest BCUT2D eigenvalue weighted by Gasteiger charge is 2.05. The van der Waals surface area contributed by atoms with Gasteiger partial charge in [0.25, 0.3) is 0 Å². The summed E-state index contributed by atoms with van der Waals surface area (Å²) in [7, 11) is 0. The van der Waals surface area contributed by atoms with Crippen LogP contribution in [0, 0.1) is 0 Å². The number of carbonyl (C=O) groups excluding carboxylic acids is 2. The number of halogens is 2. The molecule has 0 saturated heterocycles. The Morgan fingerprint density at radius 1 is 1.13 bits per heavy atom. The summed E-state index contributed by atoms with van der Waals surface area (Å²) in [5.41, 5.74) is 5.20. The molecular formula is C10H7Cl2NO2. The maximum absolute atomic E-state index is 11.4. The molecule has 0 fully saturated rings.